The molecule has 2 N–H and O–H groups in total. The summed E-state index contributed by atoms with van der Waals surface area (Å²) in [5, 5.41) is 14.2. The zero-order valence-corrected chi connectivity index (χ0v) is 15.9. The van der Waals surface area contributed by atoms with Gasteiger partial charge in [0.05, 0.1) is 16.5 Å². The summed E-state index contributed by atoms with van der Waals surface area (Å²) in [4.78, 5) is 25.0. The van der Waals surface area contributed by atoms with Crippen LogP contribution in [0, 0.1) is 5.92 Å². The van der Waals surface area contributed by atoms with Crippen molar-refractivity contribution >= 4 is 23.2 Å². The van der Waals surface area contributed by atoms with Crippen molar-refractivity contribution in [2.75, 3.05) is 7.05 Å². The largest absolute Gasteiger partial charge is 0.437 e. The lowest BCUT2D eigenvalue weighted by Crippen LogP contribution is -2.72. The topological polar surface area (TPSA) is 69.6 Å². The van der Waals surface area contributed by atoms with Crippen molar-refractivity contribution in [2.45, 2.75) is 24.1 Å². The molecule has 2 heterocycles. The van der Waals surface area contributed by atoms with Crippen molar-refractivity contribution in [1.29, 1.82) is 0 Å². The first-order valence-corrected chi connectivity index (χ1v) is 9.24. The predicted molar refractivity (Wildman–Crippen MR) is 93.6 cm³/mol. The highest BCUT2D eigenvalue weighted by Gasteiger charge is 2.69. The van der Waals surface area contributed by atoms with Crippen LogP contribution in [0.25, 0.3) is 0 Å². The van der Waals surface area contributed by atoms with Crippen LogP contribution in [0.2, 0.25) is 0 Å². The number of rotatable bonds is 3. The van der Waals surface area contributed by atoms with Gasteiger partial charge in [-0.15, -0.1) is 11.3 Å². The highest BCUT2D eigenvalue weighted by molar-refractivity contribution is 7.12. The number of carbonyl (C=O) groups excluding carboxylic acids is 2. The van der Waals surface area contributed by atoms with Gasteiger partial charge >= 0.3 is 18.4 Å². The van der Waals surface area contributed by atoms with Gasteiger partial charge in [0.15, 0.2) is 5.78 Å². The van der Waals surface area contributed by atoms with Crippen molar-refractivity contribution in [1.82, 2.24) is 10.2 Å². The molecule has 12 heteroatoms. The molecule has 0 bridgehead atoms. The fourth-order valence-corrected chi connectivity index (χ4v) is 4.07. The molecule has 0 unspecified atom stereocenters. The summed E-state index contributed by atoms with van der Waals surface area (Å²) in [5.74, 6) is -3.53. The summed E-state index contributed by atoms with van der Waals surface area (Å²) < 4.78 is 81.2. The number of ketones is 1. The molecule has 0 spiro atoms. The molecule has 30 heavy (non-hydrogen) atoms. The summed E-state index contributed by atoms with van der Waals surface area (Å²) >= 11 is 0.803. The van der Waals surface area contributed by atoms with Crippen molar-refractivity contribution < 1.29 is 41.0 Å². The van der Waals surface area contributed by atoms with Crippen LogP contribution in [0.15, 0.2) is 41.8 Å². The zero-order valence-electron chi connectivity index (χ0n) is 15.1. The van der Waals surface area contributed by atoms with Crippen LogP contribution in [0.1, 0.15) is 26.8 Å². The Hall–Kier alpha value is -2.60. The molecule has 5 nitrogen and oxygen atoms in total. The molecule has 0 saturated carbocycles. The number of thiophene rings is 1. The van der Waals surface area contributed by atoms with Gasteiger partial charge in [0.2, 0.25) is 0 Å². The van der Waals surface area contributed by atoms with E-state index in [2.05, 4.69) is 5.32 Å². The number of Topliss-reactive ketones (excluding diaryl/α,β-unsaturated/α-hetero) is 1. The number of halogens is 6. The molecule has 1 fully saturated rings. The van der Waals surface area contributed by atoms with Crippen LogP contribution >= 0.6 is 11.3 Å². The van der Waals surface area contributed by atoms with Gasteiger partial charge in [0.25, 0.3) is 5.72 Å². The second kappa shape index (κ2) is 7.27. The molecular weight excluding hydrogens is 438 g/mol. The average Bonchev–Trinajstić information content (AvgIpc) is 3.18. The molecule has 3 atom stereocenters. The van der Waals surface area contributed by atoms with E-state index in [0.717, 1.165) is 23.5 Å². The van der Waals surface area contributed by atoms with E-state index >= 15 is 0 Å². The van der Waals surface area contributed by atoms with Crippen molar-refractivity contribution in [2.24, 2.45) is 5.92 Å². The third kappa shape index (κ3) is 3.54. The molecule has 1 aliphatic rings. The van der Waals surface area contributed by atoms with Crippen LogP contribution in [-0.2, 0) is 6.18 Å². The van der Waals surface area contributed by atoms with E-state index < -0.39 is 53.0 Å². The third-order valence-corrected chi connectivity index (χ3v) is 5.78. The number of benzene rings is 1. The van der Waals surface area contributed by atoms with Gasteiger partial charge in [0.1, 0.15) is 5.92 Å². The summed E-state index contributed by atoms with van der Waals surface area (Å²) in [7, 11) is 0.653. The number of carbonyl (C=O) groups is 2. The van der Waals surface area contributed by atoms with Crippen LogP contribution in [-0.4, -0.2) is 40.8 Å². The molecule has 1 aromatic heterocycles. The first kappa shape index (κ1) is 22.1. The van der Waals surface area contributed by atoms with E-state index in [1.807, 2.05) is 0 Å². The molecule has 0 aliphatic carbocycles. The zero-order chi connectivity index (χ0) is 22.5. The summed E-state index contributed by atoms with van der Waals surface area (Å²) in [6.45, 7) is 0. The number of alkyl halides is 6. The van der Waals surface area contributed by atoms with Crippen molar-refractivity contribution in [3.63, 3.8) is 0 Å². The number of amides is 2. The van der Waals surface area contributed by atoms with Gasteiger partial charge in [-0.05, 0) is 29.1 Å². The minimum atomic E-state index is -5.48. The van der Waals surface area contributed by atoms with Gasteiger partial charge in [-0.3, -0.25) is 9.69 Å². The van der Waals surface area contributed by atoms with Gasteiger partial charge < -0.3 is 10.4 Å². The maximum absolute atomic E-state index is 14.0. The average molecular weight is 452 g/mol. The maximum atomic E-state index is 14.0. The summed E-state index contributed by atoms with van der Waals surface area (Å²) in [6.07, 6.45) is -10.3. The second-order valence-corrected chi connectivity index (χ2v) is 7.60. The van der Waals surface area contributed by atoms with Crippen LogP contribution in [0.4, 0.5) is 31.1 Å². The Morgan fingerprint density at radius 1 is 1.17 bits per heavy atom. The van der Waals surface area contributed by atoms with Crippen LogP contribution in [0.3, 0.4) is 0 Å². The van der Waals surface area contributed by atoms with E-state index in [9.17, 15) is 41.0 Å². The van der Waals surface area contributed by atoms with E-state index in [-0.39, 0.29) is 9.78 Å². The highest BCUT2D eigenvalue weighted by Crippen LogP contribution is 2.48. The standard InChI is InChI=1S/C18H14F6N2O3S/c1-26-15(28)25-13(9-4-2-5-10(8-9)17(19,20)21)12(16(26,29)18(22,23)24)14(27)11-6-3-7-30-11/h2-8,12-13,29H,1H3,(H,25,28)/t12-,13-,16-/m0/s1. The lowest BCUT2D eigenvalue weighted by atomic mass is 9.77. The molecule has 2 amide bonds. The predicted octanol–water partition coefficient (Wildman–Crippen LogP) is 4.21. The van der Waals surface area contributed by atoms with E-state index in [1.54, 1.807) is 0 Å². The lowest BCUT2D eigenvalue weighted by Gasteiger charge is -2.49. The van der Waals surface area contributed by atoms with E-state index in [0.29, 0.717) is 19.2 Å². The number of urea groups is 1. The van der Waals surface area contributed by atoms with Gasteiger partial charge in [-0.2, -0.15) is 26.3 Å². The molecular formula is C18H14F6N2O3S. The second-order valence-electron chi connectivity index (χ2n) is 6.65. The fraction of sp³-hybridized carbons (Fsp3) is 0.333. The van der Waals surface area contributed by atoms with Crippen molar-refractivity contribution in [3.05, 3.63) is 57.8 Å². The Morgan fingerprint density at radius 3 is 2.37 bits per heavy atom. The lowest BCUT2D eigenvalue weighted by molar-refractivity contribution is -0.322. The third-order valence-electron chi connectivity index (χ3n) is 4.90. The molecule has 1 aliphatic heterocycles. The Morgan fingerprint density at radius 2 is 1.83 bits per heavy atom. The monoisotopic (exact) mass is 452 g/mol. The number of nitrogens with zero attached hydrogens (tertiary/aromatic N) is 1. The number of aliphatic hydroxyl groups is 1. The summed E-state index contributed by atoms with van der Waals surface area (Å²) in [6, 6.07) is 2.61. The fourth-order valence-electron chi connectivity index (χ4n) is 3.37. The number of hydrogen-bond donors (Lipinski definition) is 2. The normalized spacial score (nSPS) is 25.2. The Kier molecular flexibility index (Phi) is 5.35. The van der Waals surface area contributed by atoms with E-state index in [1.165, 1.54) is 17.5 Å². The number of hydrogen-bond acceptors (Lipinski definition) is 4. The van der Waals surface area contributed by atoms with Gasteiger partial charge in [0, 0.05) is 7.05 Å². The molecule has 2 aromatic rings. The maximum Gasteiger partial charge on any atom is 0.437 e. The Balaban J connectivity index is 2.22. The molecule has 3 rings (SSSR count). The Labute approximate surface area is 169 Å². The van der Waals surface area contributed by atoms with Gasteiger partial charge in [-0.25, -0.2) is 4.79 Å². The Bertz CT molecular complexity index is 960. The first-order chi connectivity index (χ1) is 13.8. The van der Waals surface area contributed by atoms with Crippen LogP contribution in [0.5, 0.6) is 0 Å². The van der Waals surface area contributed by atoms with Crippen LogP contribution < -0.4 is 5.32 Å². The minimum absolute atomic E-state index is 0.0622. The quantitative estimate of drug-likeness (QED) is 0.542. The summed E-state index contributed by atoms with van der Waals surface area (Å²) in [5.41, 5.74) is -5.52. The van der Waals surface area contributed by atoms with Crippen molar-refractivity contribution in [3.8, 4) is 0 Å². The smallest absolute Gasteiger partial charge is 0.363 e. The molecule has 1 saturated heterocycles. The molecule has 162 valence electrons. The number of nitrogens with one attached hydrogen (secondary N) is 1. The SMILES string of the molecule is CN1C(=O)N[C@@H](c2cccc(C(F)(F)F)c2)[C@@H](C(=O)c2cccs2)[C@]1(O)C(F)(F)F. The molecule has 1 aromatic carbocycles. The minimum Gasteiger partial charge on any atom is -0.363 e. The molecule has 0 radical (unpaired) electrons. The van der Waals surface area contributed by atoms with Gasteiger partial charge in [-0.1, -0.05) is 18.2 Å². The first-order valence-electron chi connectivity index (χ1n) is 8.36. The van der Waals surface area contributed by atoms with E-state index in [4.69, 9.17) is 0 Å². The highest BCUT2D eigenvalue weighted by atomic mass is 32.1.